The van der Waals surface area contributed by atoms with Crippen molar-refractivity contribution in [3.8, 4) is 17.2 Å². The van der Waals surface area contributed by atoms with Gasteiger partial charge in [0, 0.05) is 11.1 Å². The van der Waals surface area contributed by atoms with E-state index in [1.807, 2.05) is 49.4 Å². The smallest absolute Gasteiger partial charge is 0.185 e. The minimum atomic E-state index is -0.0686. The van der Waals surface area contributed by atoms with Crippen LogP contribution in [-0.2, 0) is 6.61 Å². The van der Waals surface area contributed by atoms with Crippen molar-refractivity contribution in [2.45, 2.75) is 13.5 Å². The summed E-state index contributed by atoms with van der Waals surface area (Å²) in [4.78, 5) is 12.4. The first kappa shape index (κ1) is 20.2. The molecule has 0 spiro atoms. The number of rotatable bonds is 8. The van der Waals surface area contributed by atoms with Crippen molar-refractivity contribution in [1.82, 2.24) is 0 Å². The van der Waals surface area contributed by atoms with E-state index in [1.54, 1.807) is 50.6 Å². The number of aryl methyl sites for hydroxylation is 1. The average Bonchev–Trinajstić information content (AvgIpc) is 2.77. The Labute approximate surface area is 171 Å². The number of hydrogen-bond acceptors (Lipinski definition) is 4. The quantitative estimate of drug-likeness (QED) is 0.378. The highest BCUT2D eigenvalue weighted by atomic mass is 16.5. The van der Waals surface area contributed by atoms with Crippen LogP contribution in [0.2, 0.25) is 0 Å². The third kappa shape index (κ3) is 5.48. The van der Waals surface area contributed by atoms with Crippen LogP contribution in [0.25, 0.3) is 6.08 Å². The second-order valence-corrected chi connectivity index (χ2v) is 6.60. The molecule has 4 nitrogen and oxygen atoms in total. The first-order chi connectivity index (χ1) is 14.1. The summed E-state index contributed by atoms with van der Waals surface area (Å²) in [6, 6.07) is 20.7. The minimum Gasteiger partial charge on any atom is -0.497 e. The van der Waals surface area contributed by atoms with Crippen LogP contribution >= 0.6 is 0 Å². The third-order valence-electron chi connectivity index (χ3n) is 4.52. The topological polar surface area (TPSA) is 44.8 Å². The van der Waals surface area contributed by atoms with Crippen LogP contribution in [0, 0.1) is 6.92 Å². The molecule has 0 aliphatic carbocycles. The highest BCUT2D eigenvalue weighted by Crippen LogP contribution is 2.23. The molecular weight excluding hydrogens is 364 g/mol. The summed E-state index contributed by atoms with van der Waals surface area (Å²) in [7, 11) is 3.23. The van der Waals surface area contributed by atoms with Gasteiger partial charge in [0.05, 0.1) is 14.2 Å². The summed E-state index contributed by atoms with van der Waals surface area (Å²) in [6.07, 6.45) is 3.36. The number of ether oxygens (including phenoxy) is 3. The summed E-state index contributed by atoms with van der Waals surface area (Å²) < 4.78 is 16.4. The molecule has 0 heterocycles. The maximum Gasteiger partial charge on any atom is 0.185 e. The van der Waals surface area contributed by atoms with Gasteiger partial charge in [0.15, 0.2) is 5.78 Å². The Morgan fingerprint density at radius 3 is 2.21 bits per heavy atom. The van der Waals surface area contributed by atoms with Gasteiger partial charge >= 0.3 is 0 Å². The van der Waals surface area contributed by atoms with Crippen molar-refractivity contribution >= 4 is 11.9 Å². The van der Waals surface area contributed by atoms with Gasteiger partial charge in [-0.1, -0.05) is 29.8 Å². The van der Waals surface area contributed by atoms with E-state index in [0.29, 0.717) is 12.2 Å². The van der Waals surface area contributed by atoms with Gasteiger partial charge in [-0.2, -0.15) is 0 Å². The number of carbonyl (C=O) groups is 1. The van der Waals surface area contributed by atoms with Gasteiger partial charge in [-0.05, 0) is 67.1 Å². The molecule has 0 fully saturated rings. The number of ketones is 1. The molecule has 3 rings (SSSR count). The average molecular weight is 388 g/mol. The zero-order valence-electron chi connectivity index (χ0n) is 16.8. The number of carbonyl (C=O) groups excluding carboxylic acids is 1. The van der Waals surface area contributed by atoms with E-state index in [0.717, 1.165) is 28.4 Å². The van der Waals surface area contributed by atoms with Crippen LogP contribution in [0.4, 0.5) is 0 Å². The van der Waals surface area contributed by atoms with Crippen molar-refractivity contribution in [3.05, 3.63) is 95.1 Å². The van der Waals surface area contributed by atoms with Gasteiger partial charge in [0.25, 0.3) is 0 Å². The van der Waals surface area contributed by atoms with Gasteiger partial charge < -0.3 is 14.2 Å². The Hall–Kier alpha value is -3.53. The first-order valence-electron chi connectivity index (χ1n) is 9.32. The Morgan fingerprint density at radius 1 is 0.862 bits per heavy atom. The highest BCUT2D eigenvalue weighted by molar-refractivity contribution is 6.06. The molecule has 0 aliphatic rings. The van der Waals surface area contributed by atoms with Crippen LogP contribution < -0.4 is 14.2 Å². The van der Waals surface area contributed by atoms with E-state index in [2.05, 4.69) is 0 Å². The molecule has 0 unspecified atom stereocenters. The highest BCUT2D eigenvalue weighted by Gasteiger charge is 2.06. The molecule has 0 saturated carbocycles. The lowest BCUT2D eigenvalue weighted by Crippen LogP contribution is -1.99. The van der Waals surface area contributed by atoms with E-state index in [4.69, 9.17) is 14.2 Å². The normalized spacial score (nSPS) is 10.7. The number of methoxy groups -OCH3 is 2. The lowest BCUT2D eigenvalue weighted by molar-refractivity contribution is 0.104. The number of benzene rings is 3. The first-order valence-corrected chi connectivity index (χ1v) is 9.32. The van der Waals surface area contributed by atoms with Crippen molar-refractivity contribution in [2.24, 2.45) is 0 Å². The Kier molecular flexibility index (Phi) is 6.69. The van der Waals surface area contributed by atoms with E-state index >= 15 is 0 Å². The maximum atomic E-state index is 12.4. The SMILES string of the molecule is COc1ccc(C(=O)/C=C/c2ccc(OC)c(COc3ccc(C)cc3)c2)cc1. The molecule has 0 aliphatic heterocycles. The van der Waals surface area contributed by atoms with Gasteiger partial charge in [0.1, 0.15) is 23.9 Å². The van der Waals surface area contributed by atoms with E-state index < -0.39 is 0 Å². The third-order valence-corrected chi connectivity index (χ3v) is 4.52. The molecule has 3 aromatic rings. The zero-order chi connectivity index (χ0) is 20.6. The number of hydrogen-bond donors (Lipinski definition) is 0. The lowest BCUT2D eigenvalue weighted by Gasteiger charge is -2.11. The molecule has 3 aromatic carbocycles. The lowest BCUT2D eigenvalue weighted by atomic mass is 10.1. The molecule has 4 heteroatoms. The van der Waals surface area contributed by atoms with Crippen LogP contribution in [0.3, 0.4) is 0 Å². The second-order valence-electron chi connectivity index (χ2n) is 6.60. The largest absolute Gasteiger partial charge is 0.497 e. The van der Waals surface area contributed by atoms with Gasteiger partial charge in [-0.15, -0.1) is 0 Å². The van der Waals surface area contributed by atoms with Crippen LogP contribution in [0.1, 0.15) is 27.0 Å². The molecule has 0 atom stereocenters. The van der Waals surface area contributed by atoms with Crippen LogP contribution in [0.5, 0.6) is 17.2 Å². The Balaban J connectivity index is 1.72. The summed E-state index contributed by atoms with van der Waals surface area (Å²) in [6.45, 7) is 2.41. The predicted octanol–water partition coefficient (Wildman–Crippen LogP) is 5.49. The van der Waals surface area contributed by atoms with Gasteiger partial charge in [-0.25, -0.2) is 0 Å². The minimum absolute atomic E-state index is 0.0686. The Morgan fingerprint density at radius 2 is 1.55 bits per heavy atom. The van der Waals surface area contributed by atoms with Crippen LogP contribution in [0.15, 0.2) is 72.8 Å². The zero-order valence-corrected chi connectivity index (χ0v) is 16.8. The van der Waals surface area contributed by atoms with Gasteiger partial charge in [0.2, 0.25) is 0 Å². The fourth-order valence-electron chi connectivity index (χ4n) is 2.83. The summed E-state index contributed by atoms with van der Waals surface area (Å²) in [5.41, 5.74) is 3.60. The van der Waals surface area contributed by atoms with Crippen molar-refractivity contribution in [2.75, 3.05) is 14.2 Å². The summed E-state index contributed by atoms with van der Waals surface area (Å²) in [5, 5.41) is 0. The van der Waals surface area contributed by atoms with E-state index in [-0.39, 0.29) is 5.78 Å². The fourth-order valence-corrected chi connectivity index (χ4v) is 2.83. The van der Waals surface area contributed by atoms with Crippen molar-refractivity contribution in [1.29, 1.82) is 0 Å². The molecule has 0 saturated heterocycles. The summed E-state index contributed by atoms with van der Waals surface area (Å²) >= 11 is 0. The molecule has 0 radical (unpaired) electrons. The molecule has 0 amide bonds. The molecular formula is C25H24O4. The van der Waals surface area contributed by atoms with Crippen LogP contribution in [-0.4, -0.2) is 20.0 Å². The maximum absolute atomic E-state index is 12.4. The summed E-state index contributed by atoms with van der Waals surface area (Å²) in [5.74, 6) is 2.20. The predicted molar refractivity (Wildman–Crippen MR) is 115 cm³/mol. The van der Waals surface area contributed by atoms with E-state index in [9.17, 15) is 4.79 Å². The second kappa shape index (κ2) is 9.60. The Bertz CT molecular complexity index is 986. The van der Waals surface area contributed by atoms with Crippen molar-refractivity contribution < 1.29 is 19.0 Å². The number of allylic oxidation sites excluding steroid dienone is 1. The molecule has 0 N–H and O–H groups in total. The molecule has 29 heavy (non-hydrogen) atoms. The fraction of sp³-hybridized carbons (Fsp3) is 0.160. The van der Waals surface area contributed by atoms with E-state index in [1.165, 1.54) is 5.56 Å². The van der Waals surface area contributed by atoms with Crippen molar-refractivity contribution in [3.63, 3.8) is 0 Å². The monoisotopic (exact) mass is 388 g/mol. The molecule has 0 aromatic heterocycles. The standard InChI is InChI=1S/C25H24O4/c1-18-4-10-23(11-5-18)29-17-21-16-19(7-15-25(21)28-3)6-14-24(26)20-8-12-22(27-2)13-9-20/h4-16H,17H2,1-3H3/b14-6+. The molecule has 148 valence electrons. The molecule has 0 bridgehead atoms. The van der Waals surface area contributed by atoms with Gasteiger partial charge in [-0.3, -0.25) is 4.79 Å².